The van der Waals surface area contributed by atoms with Crippen LogP contribution in [0.2, 0.25) is 0 Å². The summed E-state index contributed by atoms with van der Waals surface area (Å²) in [6.45, 7) is 9.22. The topological polar surface area (TPSA) is 67.8 Å². The Morgan fingerprint density at radius 1 is 1.14 bits per heavy atom. The summed E-state index contributed by atoms with van der Waals surface area (Å²) in [4.78, 5) is 13.5. The molecule has 2 N–H and O–H groups in total. The number of hydrogen-bond donors (Lipinski definition) is 2. The van der Waals surface area contributed by atoms with Gasteiger partial charge in [0.1, 0.15) is 18.5 Å². The first kappa shape index (κ1) is 25.6. The highest BCUT2D eigenvalue weighted by Gasteiger charge is 2.55. The molecular formula is C30H41NO4. The van der Waals surface area contributed by atoms with Crippen LogP contribution < -0.4 is 10.1 Å². The number of carbonyl (C=O) groups is 1. The smallest absolute Gasteiger partial charge is 0.312 e. The van der Waals surface area contributed by atoms with Crippen LogP contribution >= 0.6 is 0 Å². The number of fused-ring (bicyclic) bond motifs is 3. The van der Waals surface area contributed by atoms with Gasteiger partial charge in [-0.05, 0) is 90.8 Å². The van der Waals surface area contributed by atoms with Crippen molar-refractivity contribution in [1.82, 2.24) is 0 Å². The maximum absolute atomic E-state index is 13.5. The first-order chi connectivity index (χ1) is 16.7. The molecule has 5 nitrogen and oxygen atoms in total. The molecule has 190 valence electrons. The van der Waals surface area contributed by atoms with Crippen molar-refractivity contribution in [2.75, 3.05) is 25.6 Å². The highest BCUT2D eigenvalue weighted by Crippen LogP contribution is 2.57. The average Bonchev–Trinajstić information content (AvgIpc) is 2.85. The predicted octanol–water partition coefficient (Wildman–Crippen LogP) is 5.85. The van der Waals surface area contributed by atoms with Crippen LogP contribution in [0.4, 0.5) is 5.69 Å². The third kappa shape index (κ3) is 5.06. The molecule has 0 spiro atoms. The van der Waals surface area contributed by atoms with Crippen LogP contribution in [0.25, 0.3) is 0 Å². The number of aliphatic hydroxyl groups is 1. The van der Waals surface area contributed by atoms with E-state index in [9.17, 15) is 9.90 Å². The largest absolute Gasteiger partial charge is 0.497 e. The van der Waals surface area contributed by atoms with E-state index in [2.05, 4.69) is 51.2 Å². The Morgan fingerprint density at radius 2 is 1.89 bits per heavy atom. The lowest BCUT2D eigenvalue weighted by molar-refractivity contribution is -0.167. The molecule has 2 aromatic carbocycles. The fourth-order valence-electron chi connectivity index (χ4n) is 6.46. The van der Waals surface area contributed by atoms with E-state index in [4.69, 9.17) is 9.47 Å². The normalized spacial score (nSPS) is 26.4. The minimum Gasteiger partial charge on any atom is -0.497 e. The molecular weight excluding hydrogens is 438 g/mol. The number of aryl methyl sites for hydroxylation is 1. The maximum atomic E-state index is 13.5. The van der Waals surface area contributed by atoms with Gasteiger partial charge in [-0.3, -0.25) is 4.79 Å². The zero-order chi connectivity index (χ0) is 25.2. The van der Waals surface area contributed by atoms with E-state index < -0.39 is 11.5 Å². The Kier molecular flexibility index (Phi) is 7.46. The highest BCUT2D eigenvalue weighted by atomic mass is 16.5. The molecule has 0 bridgehead atoms. The van der Waals surface area contributed by atoms with Crippen molar-refractivity contribution < 1.29 is 19.4 Å². The van der Waals surface area contributed by atoms with Crippen molar-refractivity contribution in [2.24, 2.45) is 11.3 Å². The van der Waals surface area contributed by atoms with Crippen LogP contribution in [-0.2, 0) is 21.4 Å². The summed E-state index contributed by atoms with van der Waals surface area (Å²) in [6.07, 6.45) is 4.17. The van der Waals surface area contributed by atoms with Gasteiger partial charge in [-0.2, -0.15) is 0 Å². The average molecular weight is 480 g/mol. The van der Waals surface area contributed by atoms with Crippen molar-refractivity contribution >= 4 is 11.7 Å². The lowest BCUT2D eigenvalue weighted by Gasteiger charge is -2.54. The molecule has 0 saturated heterocycles. The number of rotatable bonds is 8. The highest BCUT2D eigenvalue weighted by molar-refractivity contribution is 5.77. The third-order valence-electron chi connectivity index (χ3n) is 8.55. The van der Waals surface area contributed by atoms with Crippen LogP contribution in [0.15, 0.2) is 42.5 Å². The van der Waals surface area contributed by atoms with Gasteiger partial charge < -0.3 is 19.9 Å². The molecule has 0 amide bonds. The number of esters is 1. The summed E-state index contributed by atoms with van der Waals surface area (Å²) in [5.41, 5.74) is 4.58. The van der Waals surface area contributed by atoms with E-state index in [0.29, 0.717) is 12.5 Å². The lowest BCUT2D eigenvalue weighted by atomic mass is 9.49. The Labute approximate surface area is 210 Å². The molecule has 2 aliphatic rings. The van der Waals surface area contributed by atoms with Gasteiger partial charge in [-0.1, -0.05) is 45.4 Å². The predicted molar refractivity (Wildman–Crippen MR) is 140 cm³/mol. The van der Waals surface area contributed by atoms with Crippen molar-refractivity contribution in [3.05, 3.63) is 59.2 Å². The zero-order valence-electron chi connectivity index (χ0n) is 21.9. The number of aliphatic hydroxyl groups excluding tert-OH is 1. The Bertz CT molecular complexity index is 1030. The number of benzene rings is 2. The Balaban J connectivity index is 1.40. The second kappa shape index (κ2) is 10.2. The fourth-order valence-corrected chi connectivity index (χ4v) is 6.46. The number of anilines is 1. The SMILES string of the molecule is COc1ccc(NCC(O)COC(=O)[C@]2(C)CCC[C@]3(C)c4ccc(C(C)C)cc4CCC23)cc1. The molecule has 0 aromatic heterocycles. The first-order valence-electron chi connectivity index (χ1n) is 13.0. The van der Waals surface area contributed by atoms with Gasteiger partial charge in [-0.15, -0.1) is 0 Å². The van der Waals surface area contributed by atoms with Gasteiger partial charge in [-0.25, -0.2) is 0 Å². The van der Waals surface area contributed by atoms with Crippen LogP contribution in [0, 0.1) is 11.3 Å². The summed E-state index contributed by atoms with van der Waals surface area (Å²) in [6, 6.07) is 14.5. The van der Waals surface area contributed by atoms with Crippen LogP contribution in [-0.4, -0.2) is 37.4 Å². The number of carbonyl (C=O) groups excluding carboxylic acids is 1. The lowest BCUT2D eigenvalue weighted by Crippen LogP contribution is -2.53. The number of hydrogen-bond acceptors (Lipinski definition) is 5. The van der Waals surface area contributed by atoms with E-state index in [1.165, 1.54) is 16.7 Å². The van der Waals surface area contributed by atoms with Crippen molar-refractivity contribution in [3.63, 3.8) is 0 Å². The summed E-state index contributed by atoms with van der Waals surface area (Å²) < 4.78 is 10.9. The summed E-state index contributed by atoms with van der Waals surface area (Å²) in [7, 11) is 1.63. The molecule has 4 rings (SSSR count). The second-order valence-corrected chi connectivity index (χ2v) is 11.2. The molecule has 0 aliphatic heterocycles. The monoisotopic (exact) mass is 479 g/mol. The van der Waals surface area contributed by atoms with Crippen molar-refractivity contribution in [2.45, 2.75) is 77.2 Å². The quantitative estimate of drug-likeness (QED) is 0.465. The number of nitrogens with one attached hydrogen (secondary N) is 1. The van der Waals surface area contributed by atoms with Crippen LogP contribution in [0.5, 0.6) is 5.75 Å². The summed E-state index contributed by atoms with van der Waals surface area (Å²) >= 11 is 0. The summed E-state index contributed by atoms with van der Waals surface area (Å²) in [5.74, 6) is 1.37. The van der Waals surface area contributed by atoms with Crippen molar-refractivity contribution in [1.29, 1.82) is 0 Å². The van der Waals surface area contributed by atoms with Gasteiger partial charge in [0.05, 0.1) is 12.5 Å². The zero-order valence-corrected chi connectivity index (χ0v) is 21.9. The van der Waals surface area contributed by atoms with E-state index in [1.807, 2.05) is 24.3 Å². The number of ether oxygens (including phenoxy) is 2. The molecule has 2 aliphatic carbocycles. The minimum absolute atomic E-state index is 0.00462. The minimum atomic E-state index is -0.777. The molecule has 5 heteroatoms. The molecule has 1 saturated carbocycles. The molecule has 0 heterocycles. The van der Waals surface area contributed by atoms with E-state index in [1.54, 1.807) is 7.11 Å². The van der Waals surface area contributed by atoms with E-state index in [-0.39, 0.29) is 23.9 Å². The summed E-state index contributed by atoms with van der Waals surface area (Å²) in [5, 5.41) is 13.6. The van der Waals surface area contributed by atoms with Crippen molar-refractivity contribution in [3.8, 4) is 5.75 Å². The molecule has 0 radical (unpaired) electrons. The Morgan fingerprint density at radius 3 is 2.57 bits per heavy atom. The van der Waals surface area contributed by atoms with Gasteiger partial charge in [0.25, 0.3) is 0 Å². The molecule has 35 heavy (non-hydrogen) atoms. The first-order valence-corrected chi connectivity index (χ1v) is 13.0. The van der Waals surface area contributed by atoms with Crippen LogP contribution in [0.1, 0.15) is 76.0 Å². The van der Waals surface area contributed by atoms with Gasteiger partial charge in [0.15, 0.2) is 0 Å². The van der Waals surface area contributed by atoms with E-state index >= 15 is 0 Å². The van der Waals surface area contributed by atoms with Gasteiger partial charge in [0.2, 0.25) is 0 Å². The standard InChI is InChI=1S/C30H41NO4/c1-20(2)21-7-13-26-22(17-21)8-14-27-29(26,3)15-6-16-30(27,4)28(33)35-19-24(32)18-31-23-9-11-25(34-5)12-10-23/h7,9-13,17,20,24,27,31-32H,6,8,14-16,18-19H2,1-5H3/t24?,27?,29-,30-/m1/s1. The molecule has 1 fully saturated rings. The third-order valence-corrected chi connectivity index (χ3v) is 8.55. The maximum Gasteiger partial charge on any atom is 0.312 e. The molecule has 2 unspecified atom stereocenters. The second-order valence-electron chi connectivity index (χ2n) is 11.2. The van der Waals surface area contributed by atoms with Gasteiger partial charge in [0, 0.05) is 12.2 Å². The fraction of sp³-hybridized carbons (Fsp3) is 0.567. The Hall–Kier alpha value is -2.53. The molecule has 2 aromatic rings. The van der Waals surface area contributed by atoms with E-state index in [0.717, 1.165) is 43.5 Å². The van der Waals surface area contributed by atoms with Crippen LogP contribution in [0.3, 0.4) is 0 Å². The number of methoxy groups -OCH3 is 1. The molecule has 4 atom stereocenters. The van der Waals surface area contributed by atoms with Gasteiger partial charge >= 0.3 is 5.97 Å².